The molecule has 0 amide bonds. The van der Waals surface area contributed by atoms with Crippen LogP contribution in [0, 0.1) is 13.8 Å². The van der Waals surface area contributed by atoms with Gasteiger partial charge < -0.3 is 11.1 Å². The van der Waals surface area contributed by atoms with Gasteiger partial charge in [-0.15, -0.1) is 0 Å². The van der Waals surface area contributed by atoms with E-state index in [0.29, 0.717) is 12.6 Å². The van der Waals surface area contributed by atoms with Crippen molar-refractivity contribution in [2.24, 2.45) is 5.73 Å². The van der Waals surface area contributed by atoms with Crippen molar-refractivity contribution in [1.82, 2.24) is 15.1 Å². The molecule has 0 radical (unpaired) electrons. The van der Waals surface area contributed by atoms with Crippen LogP contribution in [0.2, 0.25) is 5.02 Å². The summed E-state index contributed by atoms with van der Waals surface area (Å²) in [6, 6.07) is 8.68. The second kappa shape index (κ2) is 7.07. The maximum atomic E-state index is 6.17. The summed E-state index contributed by atoms with van der Waals surface area (Å²) in [5.74, 6) is 0. The maximum absolute atomic E-state index is 6.17. The third-order valence-electron chi connectivity index (χ3n) is 3.65. The highest BCUT2D eigenvalue weighted by Crippen LogP contribution is 2.19. The molecule has 0 aliphatic heterocycles. The monoisotopic (exact) mass is 306 g/mol. The number of halogens is 1. The second-order valence-corrected chi connectivity index (χ2v) is 5.85. The Bertz CT molecular complexity index is 589. The van der Waals surface area contributed by atoms with Crippen molar-refractivity contribution >= 4 is 11.6 Å². The average Bonchev–Trinajstić information content (AvgIpc) is 2.73. The third-order valence-corrected chi connectivity index (χ3v) is 4.20. The van der Waals surface area contributed by atoms with Gasteiger partial charge >= 0.3 is 0 Å². The molecule has 0 fully saturated rings. The molecule has 0 spiro atoms. The zero-order valence-electron chi connectivity index (χ0n) is 12.9. The van der Waals surface area contributed by atoms with Crippen molar-refractivity contribution < 1.29 is 0 Å². The predicted molar refractivity (Wildman–Crippen MR) is 87.3 cm³/mol. The summed E-state index contributed by atoms with van der Waals surface area (Å²) in [7, 11) is 0. The topological polar surface area (TPSA) is 55.9 Å². The molecule has 0 bridgehead atoms. The average molecular weight is 307 g/mol. The Labute approximate surface area is 131 Å². The number of hydrogen-bond donors (Lipinski definition) is 2. The van der Waals surface area contributed by atoms with Crippen molar-refractivity contribution in [3.63, 3.8) is 0 Å². The zero-order valence-corrected chi connectivity index (χ0v) is 13.6. The lowest BCUT2D eigenvalue weighted by atomic mass is 10.1. The van der Waals surface area contributed by atoms with Gasteiger partial charge in [0, 0.05) is 19.1 Å². The van der Waals surface area contributed by atoms with E-state index >= 15 is 0 Å². The van der Waals surface area contributed by atoms with Gasteiger partial charge in [-0.25, -0.2) is 0 Å². The fourth-order valence-corrected chi connectivity index (χ4v) is 2.40. The molecule has 0 unspecified atom stereocenters. The first-order chi connectivity index (χ1) is 10.0. The molecule has 1 aromatic carbocycles. The van der Waals surface area contributed by atoms with Gasteiger partial charge in [-0.05, 0) is 31.9 Å². The number of aromatic nitrogens is 2. The van der Waals surface area contributed by atoms with Crippen LogP contribution in [0.5, 0.6) is 0 Å². The molecule has 2 rings (SSSR count). The summed E-state index contributed by atoms with van der Waals surface area (Å²) >= 11 is 6.17. The molecule has 4 nitrogen and oxygen atoms in total. The van der Waals surface area contributed by atoms with Gasteiger partial charge in [0.2, 0.25) is 0 Å². The van der Waals surface area contributed by atoms with Crippen LogP contribution in [0.25, 0.3) is 0 Å². The van der Waals surface area contributed by atoms with Crippen LogP contribution >= 0.6 is 11.6 Å². The number of hydrogen-bond acceptors (Lipinski definition) is 3. The van der Waals surface area contributed by atoms with Gasteiger partial charge in [0.15, 0.2) is 0 Å². The van der Waals surface area contributed by atoms with E-state index in [2.05, 4.69) is 41.6 Å². The molecule has 1 heterocycles. The van der Waals surface area contributed by atoms with Crippen molar-refractivity contribution in [2.45, 2.75) is 46.4 Å². The van der Waals surface area contributed by atoms with Gasteiger partial charge in [-0.2, -0.15) is 5.10 Å². The minimum Gasteiger partial charge on any atom is -0.326 e. The van der Waals surface area contributed by atoms with E-state index in [4.69, 9.17) is 17.3 Å². The molecule has 0 saturated carbocycles. The fraction of sp³-hybridized carbons (Fsp3) is 0.438. The summed E-state index contributed by atoms with van der Waals surface area (Å²) in [6.07, 6.45) is 0. The Kier molecular flexibility index (Phi) is 5.39. The van der Waals surface area contributed by atoms with Crippen LogP contribution in [0.3, 0.4) is 0 Å². The molecule has 3 N–H and O–H groups in total. The lowest BCUT2D eigenvalue weighted by Crippen LogP contribution is -2.30. The van der Waals surface area contributed by atoms with Crippen LogP contribution in [0.4, 0.5) is 0 Å². The van der Waals surface area contributed by atoms with Crippen LogP contribution in [0.1, 0.15) is 29.4 Å². The quantitative estimate of drug-likeness (QED) is 0.863. The van der Waals surface area contributed by atoms with E-state index in [-0.39, 0.29) is 0 Å². The van der Waals surface area contributed by atoms with Crippen molar-refractivity contribution in [1.29, 1.82) is 0 Å². The van der Waals surface area contributed by atoms with E-state index in [1.165, 1.54) is 5.56 Å². The zero-order chi connectivity index (χ0) is 15.4. The van der Waals surface area contributed by atoms with Crippen molar-refractivity contribution in [2.75, 3.05) is 0 Å². The molecule has 2 aromatic rings. The van der Waals surface area contributed by atoms with Crippen molar-refractivity contribution in [3.05, 3.63) is 51.8 Å². The van der Waals surface area contributed by atoms with E-state index in [1.807, 2.05) is 18.5 Å². The smallest absolute Gasteiger partial charge is 0.0844 e. The highest BCUT2D eigenvalue weighted by molar-refractivity contribution is 6.31. The minimum absolute atomic E-state index is 0.313. The number of nitrogens with two attached hydrogens (primary N) is 1. The molecule has 1 aromatic heterocycles. The number of aryl methyl sites for hydroxylation is 1. The van der Waals surface area contributed by atoms with Gasteiger partial charge in [0.05, 0.1) is 23.0 Å². The van der Waals surface area contributed by atoms with E-state index in [1.54, 1.807) is 0 Å². The molecule has 0 aliphatic carbocycles. The van der Waals surface area contributed by atoms with E-state index in [9.17, 15) is 0 Å². The summed E-state index contributed by atoms with van der Waals surface area (Å²) in [5, 5.41) is 8.73. The van der Waals surface area contributed by atoms with Gasteiger partial charge in [0.25, 0.3) is 0 Å². The standard InChI is InChI=1S/C16H23ClN4/c1-11(10-21-13(3)16(17)12(2)20-21)19-9-15-6-4-14(8-18)5-7-15/h4-7,11,19H,8-10,18H2,1-3H3/t11-/m0/s1. The lowest BCUT2D eigenvalue weighted by Gasteiger charge is -2.15. The molecule has 0 aliphatic rings. The summed E-state index contributed by atoms with van der Waals surface area (Å²) < 4.78 is 1.97. The third kappa shape index (κ3) is 4.06. The van der Waals surface area contributed by atoms with Crippen molar-refractivity contribution in [3.8, 4) is 0 Å². The van der Waals surface area contributed by atoms with Crippen LogP contribution in [-0.2, 0) is 19.6 Å². The van der Waals surface area contributed by atoms with Gasteiger partial charge in [0.1, 0.15) is 0 Å². The molecule has 5 heteroatoms. The van der Waals surface area contributed by atoms with Gasteiger partial charge in [-0.1, -0.05) is 35.9 Å². The highest BCUT2D eigenvalue weighted by Gasteiger charge is 2.11. The fourth-order valence-electron chi connectivity index (χ4n) is 2.26. The van der Waals surface area contributed by atoms with E-state index in [0.717, 1.165) is 35.1 Å². The molecule has 1 atom stereocenters. The largest absolute Gasteiger partial charge is 0.326 e. The van der Waals surface area contributed by atoms with Crippen LogP contribution in [-0.4, -0.2) is 15.8 Å². The number of nitrogens with zero attached hydrogens (tertiary/aromatic N) is 2. The molecule has 21 heavy (non-hydrogen) atoms. The Morgan fingerprint density at radius 2 is 1.86 bits per heavy atom. The highest BCUT2D eigenvalue weighted by atomic mass is 35.5. The summed E-state index contributed by atoms with van der Waals surface area (Å²) in [6.45, 7) is 8.31. The predicted octanol–water partition coefficient (Wildman–Crippen LogP) is 2.79. The first-order valence-corrected chi connectivity index (χ1v) is 7.59. The Morgan fingerprint density at radius 1 is 1.24 bits per heavy atom. The van der Waals surface area contributed by atoms with E-state index < -0.39 is 0 Å². The number of nitrogens with one attached hydrogen (secondary N) is 1. The molecule has 114 valence electrons. The molecular formula is C16H23ClN4. The first kappa shape index (κ1) is 16.0. The second-order valence-electron chi connectivity index (χ2n) is 5.47. The molecular weight excluding hydrogens is 284 g/mol. The first-order valence-electron chi connectivity index (χ1n) is 7.22. The molecule has 0 saturated heterocycles. The minimum atomic E-state index is 0.313. The normalized spacial score (nSPS) is 12.6. The SMILES string of the molecule is Cc1nn(C[C@H](C)NCc2ccc(CN)cc2)c(C)c1Cl. The number of rotatable bonds is 6. The van der Waals surface area contributed by atoms with Gasteiger partial charge in [-0.3, -0.25) is 4.68 Å². The summed E-state index contributed by atoms with van der Waals surface area (Å²) in [5.41, 5.74) is 9.92. The maximum Gasteiger partial charge on any atom is 0.0844 e. The van der Waals surface area contributed by atoms with Crippen LogP contribution in [0.15, 0.2) is 24.3 Å². The number of benzene rings is 1. The Balaban J connectivity index is 1.89. The Morgan fingerprint density at radius 3 is 2.38 bits per heavy atom. The lowest BCUT2D eigenvalue weighted by molar-refractivity contribution is 0.444. The Hall–Kier alpha value is -1.36. The van der Waals surface area contributed by atoms with Crippen LogP contribution < -0.4 is 11.1 Å². The summed E-state index contributed by atoms with van der Waals surface area (Å²) in [4.78, 5) is 0.